The third-order valence-corrected chi connectivity index (χ3v) is 3.46. The Morgan fingerprint density at radius 2 is 2.00 bits per heavy atom. The molecule has 0 heterocycles. The van der Waals surface area contributed by atoms with E-state index in [4.69, 9.17) is 4.74 Å². The normalized spacial score (nSPS) is 11.8. The Labute approximate surface area is 103 Å². The van der Waals surface area contributed by atoms with E-state index in [9.17, 15) is 13.2 Å². The van der Waals surface area contributed by atoms with Crippen molar-refractivity contribution in [1.29, 1.82) is 0 Å². The molecule has 17 heavy (non-hydrogen) atoms. The smallest absolute Gasteiger partial charge is 0.221 e. The molecule has 0 aromatic rings. The highest BCUT2D eigenvalue weighted by molar-refractivity contribution is 7.88. The molecule has 1 amide bonds. The van der Waals surface area contributed by atoms with Crippen molar-refractivity contribution in [2.45, 2.75) is 19.8 Å². The van der Waals surface area contributed by atoms with E-state index in [0.29, 0.717) is 19.7 Å². The molecule has 1 N–H and O–H groups in total. The summed E-state index contributed by atoms with van der Waals surface area (Å²) in [6.45, 7) is 3.48. The molecule has 0 saturated heterocycles. The molecule has 0 rings (SSSR count). The van der Waals surface area contributed by atoms with Crippen LogP contribution in [0.15, 0.2) is 0 Å². The zero-order valence-electron chi connectivity index (χ0n) is 10.7. The van der Waals surface area contributed by atoms with E-state index in [1.165, 1.54) is 4.31 Å². The molecular formula is C10H22N2O4S. The van der Waals surface area contributed by atoms with Gasteiger partial charge < -0.3 is 10.1 Å². The van der Waals surface area contributed by atoms with Gasteiger partial charge in [0.05, 0.1) is 12.9 Å². The minimum Gasteiger partial charge on any atom is -0.383 e. The van der Waals surface area contributed by atoms with Crippen LogP contribution in [0.5, 0.6) is 0 Å². The number of hydrogen-bond donors (Lipinski definition) is 1. The number of rotatable bonds is 9. The summed E-state index contributed by atoms with van der Waals surface area (Å²) in [6.07, 6.45) is 2.07. The minimum absolute atomic E-state index is 0.160. The fourth-order valence-electron chi connectivity index (χ4n) is 1.30. The van der Waals surface area contributed by atoms with Crippen LogP contribution >= 0.6 is 0 Å². The second kappa shape index (κ2) is 8.43. The first-order valence-corrected chi connectivity index (χ1v) is 7.47. The first-order valence-electron chi connectivity index (χ1n) is 5.62. The number of nitrogens with one attached hydrogen (secondary N) is 1. The van der Waals surface area contributed by atoms with Crippen molar-refractivity contribution < 1.29 is 17.9 Å². The van der Waals surface area contributed by atoms with Gasteiger partial charge in [0.2, 0.25) is 15.9 Å². The van der Waals surface area contributed by atoms with Crippen LogP contribution in [-0.4, -0.2) is 58.2 Å². The lowest BCUT2D eigenvalue weighted by Crippen LogP contribution is -2.35. The molecule has 0 bridgehead atoms. The number of methoxy groups -OCH3 is 1. The van der Waals surface area contributed by atoms with Crippen molar-refractivity contribution in [3.63, 3.8) is 0 Å². The lowest BCUT2D eigenvalue weighted by Gasteiger charge is -2.18. The predicted octanol–water partition coefficient (Wildman–Crippen LogP) is -0.189. The summed E-state index contributed by atoms with van der Waals surface area (Å²) in [4.78, 5) is 11.4. The quantitative estimate of drug-likeness (QED) is 0.587. The molecule has 0 fully saturated rings. The average molecular weight is 266 g/mol. The molecule has 0 aliphatic rings. The van der Waals surface area contributed by atoms with E-state index in [1.54, 1.807) is 7.11 Å². The summed E-state index contributed by atoms with van der Waals surface area (Å²) in [5, 5.41) is 2.65. The Morgan fingerprint density at radius 1 is 1.35 bits per heavy atom. The number of amides is 1. The number of carbonyl (C=O) groups is 1. The van der Waals surface area contributed by atoms with Crippen molar-refractivity contribution in [1.82, 2.24) is 9.62 Å². The van der Waals surface area contributed by atoms with E-state index in [-0.39, 0.29) is 18.9 Å². The number of carbonyl (C=O) groups excluding carboxylic acids is 1. The van der Waals surface area contributed by atoms with Gasteiger partial charge in [0.25, 0.3) is 0 Å². The summed E-state index contributed by atoms with van der Waals surface area (Å²) in [6, 6.07) is 0. The molecule has 7 heteroatoms. The van der Waals surface area contributed by atoms with Gasteiger partial charge in [-0.1, -0.05) is 6.92 Å². The highest BCUT2D eigenvalue weighted by Crippen LogP contribution is 2.01. The second-order valence-electron chi connectivity index (χ2n) is 3.75. The summed E-state index contributed by atoms with van der Waals surface area (Å²) in [5.74, 6) is -0.160. The van der Waals surface area contributed by atoms with Crippen molar-refractivity contribution in [3.05, 3.63) is 0 Å². The van der Waals surface area contributed by atoms with Gasteiger partial charge >= 0.3 is 0 Å². The van der Waals surface area contributed by atoms with Crippen LogP contribution in [0.2, 0.25) is 0 Å². The monoisotopic (exact) mass is 266 g/mol. The lowest BCUT2D eigenvalue weighted by molar-refractivity contribution is -0.121. The first kappa shape index (κ1) is 16.3. The third kappa shape index (κ3) is 8.12. The van der Waals surface area contributed by atoms with E-state index in [0.717, 1.165) is 12.7 Å². The van der Waals surface area contributed by atoms with Crippen LogP contribution in [-0.2, 0) is 19.6 Å². The SMILES string of the molecule is CCCN(CCC(=O)NCCOC)S(C)(=O)=O. The first-order chi connectivity index (χ1) is 7.91. The van der Waals surface area contributed by atoms with Crippen LogP contribution in [0.4, 0.5) is 0 Å². The molecule has 0 spiro atoms. The van der Waals surface area contributed by atoms with Gasteiger partial charge in [0, 0.05) is 33.2 Å². The van der Waals surface area contributed by atoms with Gasteiger partial charge in [0.15, 0.2) is 0 Å². The van der Waals surface area contributed by atoms with Gasteiger partial charge in [0.1, 0.15) is 0 Å². The fourth-order valence-corrected chi connectivity index (χ4v) is 2.24. The van der Waals surface area contributed by atoms with Gasteiger partial charge in [-0.25, -0.2) is 12.7 Å². The average Bonchev–Trinajstić information content (AvgIpc) is 2.23. The molecule has 0 aliphatic heterocycles. The van der Waals surface area contributed by atoms with Gasteiger partial charge in [-0.2, -0.15) is 0 Å². The molecule has 0 unspecified atom stereocenters. The Kier molecular flexibility index (Phi) is 8.11. The maximum absolute atomic E-state index is 11.4. The Hall–Kier alpha value is -0.660. The van der Waals surface area contributed by atoms with Crippen molar-refractivity contribution in [2.24, 2.45) is 0 Å². The second-order valence-corrected chi connectivity index (χ2v) is 5.74. The summed E-state index contributed by atoms with van der Waals surface area (Å²) in [7, 11) is -1.66. The lowest BCUT2D eigenvalue weighted by atomic mass is 10.3. The third-order valence-electron chi connectivity index (χ3n) is 2.16. The van der Waals surface area contributed by atoms with Gasteiger partial charge in [-0.15, -0.1) is 0 Å². The highest BCUT2D eigenvalue weighted by atomic mass is 32.2. The molecule has 0 aromatic carbocycles. The predicted molar refractivity (Wildman–Crippen MR) is 66.2 cm³/mol. The van der Waals surface area contributed by atoms with Crippen molar-refractivity contribution in [3.8, 4) is 0 Å². The van der Waals surface area contributed by atoms with E-state index in [1.807, 2.05) is 6.92 Å². The summed E-state index contributed by atoms with van der Waals surface area (Å²) < 4.78 is 28.8. The maximum Gasteiger partial charge on any atom is 0.221 e. The van der Waals surface area contributed by atoms with Crippen molar-refractivity contribution >= 4 is 15.9 Å². The molecule has 0 saturated carbocycles. The van der Waals surface area contributed by atoms with Crippen LogP contribution in [0.1, 0.15) is 19.8 Å². The van der Waals surface area contributed by atoms with Crippen LogP contribution in [0.3, 0.4) is 0 Å². The summed E-state index contributed by atoms with van der Waals surface area (Å²) >= 11 is 0. The maximum atomic E-state index is 11.4. The number of hydrogen-bond acceptors (Lipinski definition) is 4. The molecule has 6 nitrogen and oxygen atoms in total. The highest BCUT2D eigenvalue weighted by Gasteiger charge is 2.16. The van der Waals surface area contributed by atoms with E-state index in [2.05, 4.69) is 5.32 Å². The van der Waals surface area contributed by atoms with E-state index >= 15 is 0 Å². The summed E-state index contributed by atoms with van der Waals surface area (Å²) in [5.41, 5.74) is 0. The van der Waals surface area contributed by atoms with Gasteiger partial charge in [-0.05, 0) is 6.42 Å². The molecule has 0 aliphatic carbocycles. The number of nitrogens with zero attached hydrogens (tertiary/aromatic N) is 1. The number of sulfonamides is 1. The molecule has 0 atom stereocenters. The minimum atomic E-state index is -3.22. The van der Waals surface area contributed by atoms with Crippen LogP contribution in [0, 0.1) is 0 Å². The van der Waals surface area contributed by atoms with Gasteiger partial charge in [-0.3, -0.25) is 4.79 Å². The zero-order chi connectivity index (χ0) is 13.3. The molecule has 0 radical (unpaired) electrons. The van der Waals surface area contributed by atoms with Crippen molar-refractivity contribution in [2.75, 3.05) is 39.6 Å². The Morgan fingerprint density at radius 3 is 2.47 bits per heavy atom. The molecule has 102 valence electrons. The molecule has 0 aromatic heterocycles. The van der Waals surface area contributed by atoms with E-state index < -0.39 is 10.0 Å². The van der Waals surface area contributed by atoms with Crippen LogP contribution < -0.4 is 5.32 Å². The fraction of sp³-hybridized carbons (Fsp3) is 0.900. The topological polar surface area (TPSA) is 75.7 Å². The van der Waals surface area contributed by atoms with Crippen LogP contribution in [0.25, 0.3) is 0 Å². The molecular weight excluding hydrogens is 244 g/mol. The number of ether oxygens (including phenoxy) is 1. The zero-order valence-corrected chi connectivity index (χ0v) is 11.5. The Bertz CT molecular complexity index is 316. The largest absolute Gasteiger partial charge is 0.383 e. The Balaban J connectivity index is 4.01. The standard InChI is InChI=1S/C10H22N2O4S/c1-4-7-12(17(3,14)15)8-5-10(13)11-6-9-16-2/h4-9H2,1-3H3,(H,11,13).